The molecule has 1 aliphatic heterocycles. The van der Waals surface area contributed by atoms with E-state index in [9.17, 15) is 25.5 Å². The van der Waals surface area contributed by atoms with Gasteiger partial charge < -0.3 is 44.5 Å². The van der Waals surface area contributed by atoms with E-state index in [1.807, 2.05) is 0 Å². The quantitative estimate of drug-likeness (QED) is 0.344. The first-order valence-corrected chi connectivity index (χ1v) is 10.3. The van der Waals surface area contributed by atoms with Crippen LogP contribution in [0.3, 0.4) is 0 Å². The van der Waals surface area contributed by atoms with Gasteiger partial charge in [0.25, 0.3) is 0 Å². The second-order valence-electron chi connectivity index (χ2n) is 7.63. The van der Waals surface area contributed by atoms with Crippen LogP contribution in [0.1, 0.15) is 22.8 Å². The zero-order chi connectivity index (χ0) is 24.4. The first-order chi connectivity index (χ1) is 16.3. The number of benzene rings is 3. The Hall–Kier alpha value is -4.24. The predicted molar refractivity (Wildman–Crippen MR) is 123 cm³/mol. The molecule has 0 radical (unpaired) electrons. The maximum atomic E-state index is 10.5. The summed E-state index contributed by atoms with van der Waals surface area (Å²) in [7, 11) is 2.80. The van der Waals surface area contributed by atoms with E-state index >= 15 is 0 Å². The number of aliphatic hydroxyl groups excluding tert-OH is 1. The molecule has 5 N–H and O–H groups in total. The third-order valence-corrected chi connectivity index (χ3v) is 5.32. The summed E-state index contributed by atoms with van der Waals surface area (Å²) in [6, 6.07) is 10.4. The van der Waals surface area contributed by atoms with E-state index in [1.54, 1.807) is 30.4 Å². The standard InChI is InChI=1S/C25H24O9/c1-31-19-9-15(10-20(32-2)23(19)30)24-22(12-26)34-25-18(29)7-14(8-21(25)33-24)4-3-13-5-16(27)11-17(28)6-13/h3-11,22,24,26-30H,12H2,1-2H3/b4-3+/t22-,24-/m0/s1. The Balaban J connectivity index is 1.70. The molecular formula is C25H24O9. The van der Waals surface area contributed by atoms with Gasteiger partial charge in [-0.15, -0.1) is 0 Å². The van der Waals surface area contributed by atoms with Crippen molar-refractivity contribution < 1.29 is 44.5 Å². The van der Waals surface area contributed by atoms with Crippen molar-refractivity contribution >= 4 is 12.2 Å². The van der Waals surface area contributed by atoms with Gasteiger partial charge in [-0.25, -0.2) is 0 Å². The average molecular weight is 468 g/mol. The lowest BCUT2D eigenvalue weighted by Crippen LogP contribution is -2.36. The summed E-state index contributed by atoms with van der Waals surface area (Å²) >= 11 is 0. The lowest BCUT2D eigenvalue weighted by atomic mass is 10.0. The van der Waals surface area contributed by atoms with Crippen LogP contribution in [0.5, 0.6) is 46.0 Å². The van der Waals surface area contributed by atoms with Crippen LogP contribution in [-0.4, -0.2) is 52.5 Å². The van der Waals surface area contributed by atoms with Gasteiger partial charge in [0, 0.05) is 11.6 Å². The molecular weight excluding hydrogens is 444 g/mol. The minimum Gasteiger partial charge on any atom is -0.508 e. The van der Waals surface area contributed by atoms with Crippen molar-refractivity contribution in [3.05, 3.63) is 59.2 Å². The van der Waals surface area contributed by atoms with Crippen LogP contribution < -0.4 is 18.9 Å². The molecule has 2 atom stereocenters. The molecule has 34 heavy (non-hydrogen) atoms. The molecule has 0 fully saturated rings. The van der Waals surface area contributed by atoms with E-state index < -0.39 is 18.8 Å². The molecule has 9 nitrogen and oxygen atoms in total. The second-order valence-corrected chi connectivity index (χ2v) is 7.63. The molecule has 0 aromatic heterocycles. The van der Waals surface area contributed by atoms with Crippen LogP contribution in [0, 0.1) is 0 Å². The Morgan fingerprint density at radius 1 is 0.794 bits per heavy atom. The van der Waals surface area contributed by atoms with Gasteiger partial charge in [0.2, 0.25) is 11.5 Å². The monoisotopic (exact) mass is 468 g/mol. The predicted octanol–water partition coefficient (Wildman–Crippen LogP) is 3.57. The molecule has 0 saturated heterocycles. The van der Waals surface area contributed by atoms with E-state index in [4.69, 9.17) is 18.9 Å². The highest BCUT2D eigenvalue weighted by Gasteiger charge is 2.35. The highest BCUT2D eigenvalue weighted by molar-refractivity contribution is 5.73. The smallest absolute Gasteiger partial charge is 0.203 e. The Bertz CT molecular complexity index is 1190. The molecule has 0 amide bonds. The number of hydrogen-bond donors (Lipinski definition) is 5. The Morgan fingerprint density at radius 2 is 1.38 bits per heavy atom. The zero-order valence-corrected chi connectivity index (χ0v) is 18.4. The summed E-state index contributed by atoms with van der Waals surface area (Å²) in [6.07, 6.45) is 1.65. The number of fused-ring (bicyclic) bond motifs is 1. The van der Waals surface area contributed by atoms with Crippen molar-refractivity contribution in [2.24, 2.45) is 0 Å². The van der Waals surface area contributed by atoms with Crippen LogP contribution in [0.15, 0.2) is 42.5 Å². The fourth-order valence-corrected chi connectivity index (χ4v) is 3.74. The summed E-state index contributed by atoms with van der Waals surface area (Å²) in [5, 5.41) is 49.9. The van der Waals surface area contributed by atoms with Crippen molar-refractivity contribution in [1.29, 1.82) is 0 Å². The number of ether oxygens (including phenoxy) is 4. The molecule has 9 heteroatoms. The number of hydrogen-bond acceptors (Lipinski definition) is 9. The molecule has 178 valence electrons. The number of phenolic OH excluding ortho intramolecular Hbond substituents is 4. The van der Waals surface area contributed by atoms with E-state index in [2.05, 4.69) is 0 Å². The van der Waals surface area contributed by atoms with E-state index in [-0.39, 0.29) is 46.0 Å². The minimum atomic E-state index is -0.853. The van der Waals surface area contributed by atoms with Gasteiger partial charge in [0.1, 0.15) is 11.5 Å². The number of methoxy groups -OCH3 is 2. The minimum absolute atomic E-state index is 0.0812. The van der Waals surface area contributed by atoms with Gasteiger partial charge >= 0.3 is 0 Å². The van der Waals surface area contributed by atoms with Crippen LogP contribution in [0.4, 0.5) is 0 Å². The first kappa shape index (κ1) is 22.9. The van der Waals surface area contributed by atoms with Crippen molar-refractivity contribution in [1.82, 2.24) is 0 Å². The van der Waals surface area contributed by atoms with Gasteiger partial charge in [-0.1, -0.05) is 12.2 Å². The summed E-state index contributed by atoms with van der Waals surface area (Å²) in [5.41, 5.74) is 1.63. The maximum Gasteiger partial charge on any atom is 0.203 e. The molecule has 1 aliphatic rings. The topological polar surface area (TPSA) is 138 Å². The maximum absolute atomic E-state index is 10.5. The third-order valence-electron chi connectivity index (χ3n) is 5.32. The van der Waals surface area contributed by atoms with E-state index in [1.165, 1.54) is 38.5 Å². The number of phenols is 4. The van der Waals surface area contributed by atoms with Gasteiger partial charge in [-0.05, 0) is 47.5 Å². The normalized spacial score (nSPS) is 17.0. The fourth-order valence-electron chi connectivity index (χ4n) is 3.74. The van der Waals surface area contributed by atoms with Crippen LogP contribution >= 0.6 is 0 Å². The lowest BCUT2D eigenvalue weighted by Gasteiger charge is -2.34. The Morgan fingerprint density at radius 3 is 1.94 bits per heavy atom. The van der Waals surface area contributed by atoms with Crippen molar-refractivity contribution in [2.75, 3.05) is 20.8 Å². The molecule has 1 heterocycles. The fraction of sp³-hybridized carbons (Fsp3) is 0.200. The molecule has 0 bridgehead atoms. The van der Waals surface area contributed by atoms with Crippen molar-refractivity contribution in [2.45, 2.75) is 12.2 Å². The summed E-state index contributed by atoms with van der Waals surface area (Å²) in [6.45, 7) is -0.405. The highest BCUT2D eigenvalue weighted by atomic mass is 16.6. The third kappa shape index (κ3) is 4.46. The average Bonchev–Trinajstić information content (AvgIpc) is 2.81. The number of aliphatic hydroxyl groups is 1. The molecule has 0 unspecified atom stereocenters. The molecule has 0 saturated carbocycles. The van der Waals surface area contributed by atoms with Gasteiger partial charge in [-0.2, -0.15) is 0 Å². The number of rotatable bonds is 6. The SMILES string of the molecule is COc1cc([C@@H]2Oc3cc(/C=C/c4cc(O)cc(O)c4)cc(O)c3O[C@H]2CO)cc(OC)c1O. The van der Waals surface area contributed by atoms with Gasteiger partial charge in [-0.3, -0.25) is 0 Å². The first-order valence-electron chi connectivity index (χ1n) is 10.3. The van der Waals surface area contributed by atoms with Crippen LogP contribution in [0.2, 0.25) is 0 Å². The molecule has 3 aromatic carbocycles. The van der Waals surface area contributed by atoms with Crippen LogP contribution in [0.25, 0.3) is 12.2 Å². The summed E-state index contributed by atoms with van der Waals surface area (Å²) in [4.78, 5) is 0. The van der Waals surface area contributed by atoms with Crippen molar-refractivity contribution in [3.8, 4) is 46.0 Å². The van der Waals surface area contributed by atoms with Gasteiger partial charge in [0.05, 0.1) is 20.8 Å². The van der Waals surface area contributed by atoms with Crippen LogP contribution in [-0.2, 0) is 0 Å². The molecule has 0 aliphatic carbocycles. The van der Waals surface area contributed by atoms with E-state index in [0.717, 1.165) is 0 Å². The molecule has 3 aromatic rings. The second kappa shape index (κ2) is 9.32. The summed E-state index contributed by atoms with van der Waals surface area (Å²) < 4.78 is 22.4. The Kier molecular flexibility index (Phi) is 6.29. The largest absolute Gasteiger partial charge is 0.508 e. The van der Waals surface area contributed by atoms with Crippen molar-refractivity contribution in [3.63, 3.8) is 0 Å². The molecule has 0 spiro atoms. The zero-order valence-electron chi connectivity index (χ0n) is 18.4. The lowest BCUT2D eigenvalue weighted by molar-refractivity contribution is -0.0142. The number of aromatic hydroxyl groups is 4. The molecule has 4 rings (SSSR count). The Labute approximate surface area is 195 Å². The highest BCUT2D eigenvalue weighted by Crippen LogP contribution is 2.48. The van der Waals surface area contributed by atoms with E-state index in [0.29, 0.717) is 16.7 Å². The summed E-state index contributed by atoms with van der Waals surface area (Å²) in [5.74, 6) is 0.121. The van der Waals surface area contributed by atoms with Gasteiger partial charge in [0.15, 0.2) is 35.2 Å².